The Bertz CT molecular complexity index is 840. The van der Waals surface area contributed by atoms with Gasteiger partial charge in [0.25, 0.3) is 0 Å². The van der Waals surface area contributed by atoms with E-state index in [9.17, 15) is 9.90 Å². The molecule has 1 fully saturated rings. The van der Waals surface area contributed by atoms with Crippen LogP contribution in [0.4, 0.5) is 0 Å². The van der Waals surface area contributed by atoms with Gasteiger partial charge in [-0.2, -0.15) is 0 Å². The second-order valence-corrected chi connectivity index (χ2v) is 7.88. The quantitative estimate of drug-likeness (QED) is 0.382. The zero-order valence-corrected chi connectivity index (χ0v) is 18.3. The fourth-order valence-electron chi connectivity index (χ4n) is 3.31. The highest BCUT2D eigenvalue weighted by Crippen LogP contribution is 2.22. The number of rotatable bonds is 8. The first-order valence-corrected chi connectivity index (χ1v) is 10.3. The van der Waals surface area contributed by atoms with Crippen molar-refractivity contribution in [3.05, 3.63) is 51.7 Å². The van der Waals surface area contributed by atoms with Crippen LogP contribution in [0.3, 0.4) is 0 Å². The number of thiophene rings is 1. The number of piperidine rings is 1. The molecule has 3 rings (SSSR count). The van der Waals surface area contributed by atoms with Crippen LogP contribution >= 0.6 is 23.7 Å². The van der Waals surface area contributed by atoms with Crippen molar-refractivity contribution >= 4 is 35.4 Å². The van der Waals surface area contributed by atoms with Crippen molar-refractivity contribution < 1.29 is 19.5 Å². The number of benzene rings is 1. The Morgan fingerprint density at radius 1 is 1.38 bits per heavy atom. The van der Waals surface area contributed by atoms with E-state index in [1.165, 1.54) is 5.56 Å². The lowest BCUT2D eigenvalue weighted by molar-refractivity contribution is -0.143. The van der Waals surface area contributed by atoms with Gasteiger partial charge in [0.2, 0.25) is 0 Å². The molecule has 1 N–H and O–H groups in total. The van der Waals surface area contributed by atoms with Gasteiger partial charge < -0.3 is 14.7 Å². The first kappa shape index (κ1) is 23.2. The third-order valence-electron chi connectivity index (χ3n) is 4.82. The molecule has 158 valence electrons. The average Bonchev–Trinajstić information content (AvgIpc) is 3.14. The van der Waals surface area contributed by atoms with E-state index in [2.05, 4.69) is 28.4 Å². The van der Waals surface area contributed by atoms with E-state index < -0.39 is 5.97 Å². The topological polar surface area (TPSA) is 71.4 Å². The van der Waals surface area contributed by atoms with Gasteiger partial charge in [0.1, 0.15) is 18.1 Å². The molecule has 0 radical (unpaired) electrons. The average molecular weight is 439 g/mol. The Kier molecular flexibility index (Phi) is 8.95. The van der Waals surface area contributed by atoms with Crippen LogP contribution < -0.4 is 4.74 Å². The Balaban J connectivity index is 0.00000300. The molecule has 1 aromatic heterocycles. The van der Waals surface area contributed by atoms with Gasteiger partial charge in [0, 0.05) is 18.7 Å². The summed E-state index contributed by atoms with van der Waals surface area (Å²) in [6.07, 6.45) is 1.66. The smallest absolute Gasteiger partial charge is 0.307 e. The maximum absolute atomic E-state index is 11.2. The van der Waals surface area contributed by atoms with Crippen LogP contribution in [0.1, 0.15) is 28.8 Å². The van der Waals surface area contributed by atoms with Gasteiger partial charge in [0.05, 0.1) is 17.9 Å². The van der Waals surface area contributed by atoms with Crippen molar-refractivity contribution in [1.82, 2.24) is 4.90 Å². The summed E-state index contributed by atoms with van der Waals surface area (Å²) in [5, 5.41) is 15.7. The number of oxime groups is 1. The third-order valence-corrected chi connectivity index (χ3v) is 5.87. The van der Waals surface area contributed by atoms with Gasteiger partial charge in [-0.15, -0.1) is 23.7 Å². The summed E-state index contributed by atoms with van der Waals surface area (Å²) in [4.78, 5) is 20.0. The predicted molar refractivity (Wildman–Crippen MR) is 118 cm³/mol. The van der Waals surface area contributed by atoms with E-state index in [1.807, 2.05) is 24.3 Å². The first-order chi connectivity index (χ1) is 13.6. The largest absolute Gasteiger partial charge is 0.497 e. The lowest BCUT2D eigenvalue weighted by atomic mass is 9.98. The molecule has 1 aromatic carbocycles. The van der Waals surface area contributed by atoms with Crippen molar-refractivity contribution in [1.29, 1.82) is 0 Å². The van der Waals surface area contributed by atoms with Gasteiger partial charge in [-0.05, 0) is 55.5 Å². The maximum atomic E-state index is 11.2. The van der Waals surface area contributed by atoms with Crippen molar-refractivity contribution in [2.75, 3.05) is 33.4 Å². The number of carboxylic acid groups (broad SMARTS) is 1. The van der Waals surface area contributed by atoms with Crippen LogP contribution in [-0.4, -0.2) is 55.0 Å². The number of carbonyl (C=O) groups is 1. The minimum Gasteiger partial charge on any atom is -0.497 e. The molecule has 0 spiro atoms. The number of likely N-dealkylation sites (tertiary alicyclic amines) is 1. The fourth-order valence-corrected chi connectivity index (χ4v) is 4.21. The highest BCUT2D eigenvalue weighted by molar-refractivity contribution is 7.12. The second-order valence-electron chi connectivity index (χ2n) is 6.97. The molecular weight excluding hydrogens is 412 g/mol. The van der Waals surface area contributed by atoms with E-state index in [4.69, 9.17) is 9.57 Å². The van der Waals surface area contributed by atoms with E-state index in [1.54, 1.807) is 18.4 Å². The molecule has 0 amide bonds. The normalized spacial score (nSPS) is 17.4. The number of nitrogens with zero attached hydrogens (tertiary/aromatic N) is 2. The fraction of sp³-hybridized carbons (Fsp3) is 0.429. The Morgan fingerprint density at radius 3 is 2.90 bits per heavy atom. The van der Waals surface area contributed by atoms with Crippen molar-refractivity contribution in [2.45, 2.75) is 19.8 Å². The number of methoxy groups -OCH3 is 1. The maximum Gasteiger partial charge on any atom is 0.307 e. The second kappa shape index (κ2) is 11.2. The van der Waals surface area contributed by atoms with Crippen LogP contribution in [0.2, 0.25) is 0 Å². The molecule has 6 nitrogen and oxygen atoms in total. The van der Waals surface area contributed by atoms with Crippen LogP contribution in [0.15, 0.2) is 40.9 Å². The Hall–Kier alpha value is -2.09. The van der Waals surface area contributed by atoms with E-state index in [-0.39, 0.29) is 18.3 Å². The first-order valence-electron chi connectivity index (χ1n) is 9.42. The van der Waals surface area contributed by atoms with Gasteiger partial charge in [0.15, 0.2) is 0 Å². The zero-order chi connectivity index (χ0) is 19.9. The monoisotopic (exact) mass is 438 g/mol. The highest BCUT2D eigenvalue weighted by Gasteiger charge is 2.25. The molecule has 29 heavy (non-hydrogen) atoms. The summed E-state index contributed by atoms with van der Waals surface area (Å²) in [6.45, 7) is 4.63. The summed E-state index contributed by atoms with van der Waals surface area (Å²) in [5.74, 6) is -0.220. The van der Waals surface area contributed by atoms with Crippen LogP contribution in [0.5, 0.6) is 5.75 Å². The number of hydrogen-bond acceptors (Lipinski definition) is 6. The van der Waals surface area contributed by atoms with Gasteiger partial charge >= 0.3 is 5.97 Å². The molecule has 1 unspecified atom stereocenters. The third kappa shape index (κ3) is 6.45. The van der Waals surface area contributed by atoms with E-state index >= 15 is 0 Å². The zero-order valence-electron chi connectivity index (χ0n) is 16.7. The Morgan fingerprint density at radius 2 is 2.21 bits per heavy atom. The van der Waals surface area contributed by atoms with E-state index in [0.717, 1.165) is 41.3 Å². The molecule has 8 heteroatoms. The molecule has 0 aliphatic carbocycles. The molecular formula is C21H27ClN2O4S. The molecule has 0 bridgehead atoms. The van der Waals surface area contributed by atoms with Crippen molar-refractivity contribution in [2.24, 2.45) is 11.1 Å². The SMILES string of the molecule is COc1cccc(C(=NOCCN2CCCC(C(=O)O)C2)c2cc(C)cs2)c1.Cl. The van der Waals surface area contributed by atoms with Crippen molar-refractivity contribution in [3.8, 4) is 5.75 Å². The number of hydrogen-bond donors (Lipinski definition) is 1. The molecule has 0 saturated carbocycles. The molecule has 1 atom stereocenters. The molecule has 1 aliphatic rings. The summed E-state index contributed by atoms with van der Waals surface area (Å²) in [6, 6.07) is 9.86. The molecule has 2 heterocycles. The summed E-state index contributed by atoms with van der Waals surface area (Å²) < 4.78 is 5.33. The number of carboxylic acids is 1. The number of aryl methyl sites for hydroxylation is 1. The molecule has 1 saturated heterocycles. The summed E-state index contributed by atoms with van der Waals surface area (Å²) >= 11 is 1.63. The van der Waals surface area contributed by atoms with Gasteiger partial charge in [-0.3, -0.25) is 9.69 Å². The number of halogens is 1. The van der Waals surface area contributed by atoms with Crippen LogP contribution in [0, 0.1) is 12.8 Å². The van der Waals surface area contributed by atoms with Gasteiger partial charge in [-0.25, -0.2) is 0 Å². The molecule has 1 aliphatic heterocycles. The summed E-state index contributed by atoms with van der Waals surface area (Å²) in [7, 11) is 1.64. The minimum absolute atomic E-state index is 0. The number of ether oxygens (including phenoxy) is 1. The minimum atomic E-state index is -0.711. The standard InChI is InChI=1S/C21H26N2O4S.ClH/c1-15-11-19(28-14-15)20(16-5-3-7-18(12-16)26-2)22-27-10-9-23-8-4-6-17(13-23)21(24)25;/h3,5,7,11-12,14,17H,4,6,8-10,13H2,1-2H3,(H,24,25);1H. The lowest BCUT2D eigenvalue weighted by Gasteiger charge is -2.29. The lowest BCUT2D eigenvalue weighted by Crippen LogP contribution is -2.40. The van der Waals surface area contributed by atoms with Crippen LogP contribution in [0.25, 0.3) is 0 Å². The predicted octanol–water partition coefficient (Wildman–Crippen LogP) is 4.05. The Labute approximate surface area is 181 Å². The van der Waals surface area contributed by atoms with E-state index in [0.29, 0.717) is 19.7 Å². The summed E-state index contributed by atoms with van der Waals surface area (Å²) in [5.41, 5.74) is 2.90. The number of aliphatic carboxylic acids is 1. The molecule has 2 aromatic rings. The van der Waals surface area contributed by atoms with Gasteiger partial charge in [-0.1, -0.05) is 17.3 Å². The van der Waals surface area contributed by atoms with Crippen molar-refractivity contribution in [3.63, 3.8) is 0 Å². The highest BCUT2D eigenvalue weighted by atomic mass is 35.5. The van der Waals surface area contributed by atoms with Crippen LogP contribution in [-0.2, 0) is 9.63 Å².